The minimum absolute atomic E-state index is 0.0760. The summed E-state index contributed by atoms with van der Waals surface area (Å²) in [5, 5.41) is 8.17. The van der Waals surface area contributed by atoms with Crippen LogP contribution in [0.2, 0.25) is 0 Å². The average molecular weight is 544 g/mol. The molecule has 4 rings (SSSR count). The van der Waals surface area contributed by atoms with Gasteiger partial charge in [0.05, 0.1) is 22.8 Å². The van der Waals surface area contributed by atoms with E-state index in [4.69, 9.17) is 4.98 Å². The van der Waals surface area contributed by atoms with Gasteiger partial charge in [-0.15, -0.1) is 0 Å². The largest absolute Gasteiger partial charge is 0.348 e. The molecular weight excluding hydrogens is 502 g/mol. The fourth-order valence-corrected chi connectivity index (χ4v) is 4.97. The molecule has 212 valence electrons. The summed E-state index contributed by atoms with van der Waals surface area (Å²) in [7, 11) is 6.32. The molecule has 9 heteroatoms. The summed E-state index contributed by atoms with van der Waals surface area (Å²) >= 11 is 0. The third-order valence-corrected chi connectivity index (χ3v) is 7.04. The lowest BCUT2D eigenvalue weighted by molar-refractivity contribution is 0.0952. The van der Waals surface area contributed by atoms with Crippen LogP contribution in [0.15, 0.2) is 47.4 Å². The molecule has 4 aromatic rings. The first-order chi connectivity index (χ1) is 19.0. The molecule has 1 amide bonds. The Hall–Kier alpha value is -3.82. The molecule has 0 aliphatic carbocycles. The van der Waals surface area contributed by atoms with Crippen molar-refractivity contribution in [3.05, 3.63) is 80.9 Å². The van der Waals surface area contributed by atoms with Crippen LogP contribution < -0.4 is 10.9 Å². The van der Waals surface area contributed by atoms with Gasteiger partial charge in [-0.2, -0.15) is 5.10 Å². The lowest BCUT2D eigenvalue weighted by Crippen LogP contribution is -2.28. The number of nitrogens with one attached hydrogen (secondary N) is 2. The zero-order valence-electron chi connectivity index (χ0n) is 24.7. The number of pyridine rings is 2. The third kappa shape index (κ3) is 6.84. The number of amides is 1. The van der Waals surface area contributed by atoms with Crippen LogP contribution in [0.3, 0.4) is 0 Å². The van der Waals surface area contributed by atoms with Gasteiger partial charge in [0.15, 0.2) is 5.65 Å². The van der Waals surface area contributed by atoms with Crippen molar-refractivity contribution in [1.29, 1.82) is 0 Å². The van der Waals surface area contributed by atoms with Gasteiger partial charge in [0.2, 0.25) is 0 Å². The third-order valence-electron chi connectivity index (χ3n) is 7.04. The van der Waals surface area contributed by atoms with E-state index in [1.54, 1.807) is 6.20 Å². The van der Waals surface area contributed by atoms with Gasteiger partial charge in [-0.3, -0.25) is 9.59 Å². The molecule has 3 aromatic heterocycles. The van der Waals surface area contributed by atoms with Crippen molar-refractivity contribution in [1.82, 2.24) is 34.9 Å². The topological polar surface area (TPSA) is 99.2 Å². The quantitative estimate of drug-likeness (QED) is 0.293. The predicted octanol–water partition coefficient (Wildman–Crippen LogP) is 4.30. The Kier molecular flexibility index (Phi) is 9.17. The molecule has 0 spiro atoms. The Balaban J connectivity index is 1.65. The summed E-state index contributed by atoms with van der Waals surface area (Å²) in [6.07, 6.45) is 2.80. The maximum Gasteiger partial charge on any atom is 0.253 e. The monoisotopic (exact) mass is 543 g/mol. The van der Waals surface area contributed by atoms with Crippen LogP contribution in [0.4, 0.5) is 0 Å². The average Bonchev–Trinajstić information content (AvgIpc) is 3.32. The molecule has 3 heterocycles. The van der Waals surface area contributed by atoms with E-state index in [-0.39, 0.29) is 24.1 Å². The van der Waals surface area contributed by atoms with E-state index in [1.807, 2.05) is 56.6 Å². The van der Waals surface area contributed by atoms with Crippen molar-refractivity contribution >= 4 is 16.9 Å². The SMILES string of the molecule is Cc1cc(C)c(CNC(=O)c2cc(-c3cccc(CN(C)CCCN(C)C)c3)nc3c2cnn3C(C)C)c(=O)[nH]1. The second kappa shape index (κ2) is 12.6. The van der Waals surface area contributed by atoms with Gasteiger partial charge >= 0.3 is 0 Å². The number of nitrogens with zero attached hydrogens (tertiary/aromatic N) is 5. The number of hydrogen-bond donors (Lipinski definition) is 2. The van der Waals surface area contributed by atoms with E-state index < -0.39 is 0 Å². The molecular formula is C31H41N7O2. The van der Waals surface area contributed by atoms with Crippen LogP contribution in [0.5, 0.6) is 0 Å². The lowest BCUT2D eigenvalue weighted by atomic mass is 10.0. The van der Waals surface area contributed by atoms with Crippen LogP contribution in [-0.2, 0) is 13.1 Å². The molecule has 1 aromatic carbocycles. The molecule has 0 fully saturated rings. The number of rotatable bonds is 11. The number of carbonyl (C=O) groups excluding carboxylic acids is 1. The molecule has 0 unspecified atom stereocenters. The molecule has 0 aliphatic rings. The standard InChI is InChI=1S/C31H41N7O2/c1-20(2)38-29-27(18-33-38)25(30(39)32-17-26-21(3)14-22(4)34-31(26)40)16-28(35-29)24-11-8-10-23(15-24)19-37(7)13-9-12-36(5)6/h8,10-11,14-16,18,20H,9,12-13,17,19H2,1-7H3,(H,32,39)(H,34,40). The van der Waals surface area contributed by atoms with E-state index in [2.05, 4.69) is 58.5 Å². The second-order valence-electron chi connectivity index (χ2n) is 11.2. The number of benzene rings is 1. The second-order valence-corrected chi connectivity index (χ2v) is 11.2. The van der Waals surface area contributed by atoms with Crippen LogP contribution in [0.25, 0.3) is 22.3 Å². The smallest absolute Gasteiger partial charge is 0.253 e. The number of aromatic amines is 1. The van der Waals surface area contributed by atoms with Gasteiger partial charge < -0.3 is 20.1 Å². The minimum atomic E-state index is -0.270. The normalized spacial score (nSPS) is 11.8. The van der Waals surface area contributed by atoms with Crippen molar-refractivity contribution in [3.8, 4) is 11.3 Å². The molecule has 0 bridgehead atoms. The summed E-state index contributed by atoms with van der Waals surface area (Å²) in [4.78, 5) is 38.3. The Morgan fingerprint density at radius 3 is 2.58 bits per heavy atom. The van der Waals surface area contributed by atoms with Crippen LogP contribution in [0, 0.1) is 13.8 Å². The van der Waals surface area contributed by atoms with Crippen molar-refractivity contribution in [3.63, 3.8) is 0 Å². The van der Waals surface area contributed by atoms with Crippen LogP contribution in [0.1, 0.15) is 59.1 Å². The Morgan fingerprint density at radius 1 is 1.10 bits per heavy atom. The molecule has 2 N–H and O–H groups in total. The van der Waals surface area contributed by atoms with Gasteiger partial charge in [-0.25, -0.2) is 9.67 Å². The van der Waals surface area contributed by atoms with Gasteiger partial charge in [-0.05, 0) is 97.7 Å². The van der Waals surface area contributed by atoms with Gasteiger partial charge in [0, 0.05) is 36.0 Å². The first-order valence-corrected chi connectivity index (χ1v) is 13.8. The van der Waals surface area contributed by atoms with Gasteiger partial charge in [0.1, 0.15) is 0 Å². The van der Waals surface area contributed by atoms with E-state index in [1.165, 1.54) is 5.56 Å². The molecule has 9 nitrogen and oxygen atoms in total. The molecule has 0 aliphatic heterocycles. The molecule has 0 saturated heterocycles. The van der Waals surface area contributed by atoms with Gasteiger partial charge in [-0.1, -0.05) is 18.2 Å². The highest BCUT2D eigenvalue weighted by Crippen LogP contribution is 2.27. The summed E-state index contributed by atoms with van der Waals surface area (Å²) in [6.45, 7) is 10.8. The first kappa shape index (κ1) is 29.2. The number of fused-ring (bicyclic) bond motifs is 1. The number of aromatic nitrogens is 4. The zero-order chi connectivity index (χ0) is 29.0. The van der Waals surface area contributed by atoms with E-state index in [0.29, 0.717) is 27.9 Å². The van der Waals surface area contributed by atoms with E-state index >= 15 is 0 Å². The number of H-pyrrole nitrogens is 1. The summed E-state index contributed by atoms with van der Waals surface area (Å²) in [6, 6.07) is 12.1. The van der Waals surface area contributed by atoms with Crippen molar-refractivity contribution in [2.75, 3.05) is 34.2 Å². The Morgan fingerprint density at radius 2 is 1.88 bits per heavy atom. The van der Waals surface area contributed by atoms with Crippen molar-refractivity contribution in [2.24, 2.45) is 0 Å². The van der Waals surface area contributed by atoms with Crippen molar-refractivity contribution in [2.45, 2.75) is 53.2 Å². The molecule has 40 heavy (non-hydrogen) atoms. The first-order valence-electron chi connectivity index (χ1n) is 13.8. The number of hydrogen-bond acceptors (Lipinski definition) is 6. The lowest BCUT2D eigenvalue weighted by Gasteiger charge is -2.18. The number of carbonyl (C=O) groups is 1. The van der Waals surface area contributed by atoms with E-state index in [0.717, 1.165) is 42.9 Å². The van der Waals surface area contributed by atoms with Crippen LogP contribution in [-0.4, -0.2) is 69.7 Å². The highest BCUT2D eigenvalue weighted by atomic mass is 16.1. The highest BCUT2D eigenvalue weighted by molar-refractivity contribution is 6.06. The molecule has 0 radical (unpaired) electrons. The minimum Gasteiger partial charge on any atom is -0.348 e. The Labute approximate surface area is 236 Å². The van der Waals surface area contributed by atoms with E-state index in [9.17, 15) is 9.59 Å². The number of aryl methyl sites for hydroxylation is 2. The highest BCUT2D eigenvalue weighted by Gasteiger charge is 2.19. The molecule has 0 saturated carbocycles. The summed E-state index contributed by atoms with van der Waals surface area (Å²) < 4.78 is 1.84. The van der Waals surface area contributed by atoms with Crippen LogP contribution >= 0.6 is 0 Å². The predicted molar refractivity (Wildman–Crippen MR) is 161 cm³/mol. The summed E-state index contributed by atoms with van der Waals surface area (Å²) in [5.74, 6) is -0.270. The fraction of sp³-hybridized carbons (Fsp3) is 0.419. The zero-order valence-corrected chi connectivity index (χ0v) is 24.7. The molecule has 0 atom stereocenters. The maximum atomic E-state index is 13.5. The Bertz CT molecular complexity index is 1550. The summed E-state index contributed by atoms with van der Waals surface area (Å²) in [5.41, 5.74) is 5.98. The maximum absolute atomic E-state index is 13.5. The van der Waals surface area contributed by atoms with Crippen molar-refractivity contribution < 1.29 is 4.79 Å². The fourth-order valence-electron chi connectivity index (χ4n) is 4.97. The van der Waals surface area contributed by atoms with Gasteiger partial charge in [0.25, 0.3) is 11.5 Å².